The minimum absolute atomic E-state index is 0.100. The van der Waals surface area contributed by atoms with Gasteiger partial charge in [-0.1, -0.05) is 61.4 Å². The largest absolute Gasteiger partial charge is 0.445 e. The zero-order valence-electron chi connectivity index (χ0n) is 18.9. The molecule has 1 saturated carbocycles. The van der Waals surface area contributed by atoms with Crippen LogP contribution in [0.1, 0.15) is 31.2 Å². The van der Waals surface area contributed by atoms with E-state index in [1.807, 2.05) is 48.5 Å². The molecule has 8 heteroatoms. The van der Waals surface area contributed by atoms with Gasteiger partial charge in [-0.15, -0.1) is 0 Å². The van der Waals surface area contributed by atoms with Crippen LogP contribution in [0, 0.1) is 23.2 Å². The molecule has 2 N–H and O–H groups in total. The second-order valence-corrected chi connectivity index (χ2v) is 8.86. The van der Waals surface area contributed by atoms with Crippen LogP contribution in [0.4, 0.5) is 10.5 Å². The number of alkyl carbamates (subject to hydrolysis) is 1. The molecule has 8 nitrogen and oxygen atoms in total. The van der Waals surface area contributed by atoms with Crippen LogP contribution in [0.3, 0.4) is 0 Å². The van der Waals surface area contributed by atoms with E-state index in [9.17, 15) is 19.6 Å². The normalized spacial score (nSPS) is 20.1. The molecule has 3 unspecified atom stereocenters. The lowest BCUT2D eigenvalue weighted by atomic mass is 10.1. The third kappa shape index (κ3) is 6.13. The van der Waals surface area contributed by atoms with E-state index in [1.54, 1.807) is 12.1 Å². The highest BCUT2D eigenvalue weighted by molar-refractivity contribution is 5.94. The van der Waals surface area contributed by atoms with Crippen molar-refractivity contribution in [1.82, 2.24) is 10.2 Å². The van der Waals surface area contributed by atoms with E-state index in [0.717, 1.165) is 18.4 Å². The Hall–Kier alpha value is -3.86. The number of para-hydroxylation sites is 1. The molecule has 0 aromatic heterocycles. The van der Waals surface area contributed by atoms with Crippen molar-refractivity contribution >= 4 is 23.6 Å². The molecule has 1 saturated heterocycles. The van der Waals surface area contributed by atoms with Gasteiger partial charge in [-0.25, -0.2) is 4.79 Å². The number of nitriles is 1. The molecule has 1 heterocycles. The van der Waals surface area contributed by atoms with Gasteiger partial charge in [0.25, 0.3) is 0 Å². The lowest BCUT2D eigenvalue weighted by molar-refractivity contribution is -0.133. The van der Waals surface area contributed by atoms with Crippen LogP contribution >= 0.6 is 0 Å². The fourth-order valence-corrected chi connectivity index (χ4v) is 4.17. The molecule has 4 rings (SSSR count). The Morgan fingerprint density at radius 1 is 1.06 bits per heavy atom. The average Bonchev–Trinajstić information content (AvgIpc) is 3.57. The van der Waals surface area contributed by atoms with Gasteiger partial charge in [0.1, 0.15) is 18.7 Å². The molecular formula is C26H28N4O4. The number of amides is 3. The van der Waals surface area contributed by atoms with E-state index in [2.05, 4.69) is 16.7 Å². The standard InChI is InChI=1S/C26H28N4O4/c27-15-22-14-20(24(31)28-21-9-5-2-6-10-21)16-30(22)25(32)23(13-18-11-12-18)29-26(33)34-17-19-7-3-1-4-8-19/h1-10,18,20,22-23H,11-14,16-17H2,(H,28,31)(H,29,33). The molecular weight excluding hydrogens is 432 g/mol. The monoisotopic (exact) mass is 460 g/mol. The van der Waals surface area contributed by atoms with Crippen LogP contribution in [0.25, 0.3) is 0 Å². The number of likely N-dealkylation sites (tertiary alicyclic amines) is 1. The third-order valence-electron chi connectivity index (χ3n) is 6.21. The number of carbonyl (C=O) groups excluding carboxylic acids is 3. The van der Waals surface area contributed by atoms with Crippen molar-refractivity contribution < 1.29 is 19.1 Å². The predicted octanol–water partition coefficient (Wildman–Crippen LogP) is 3.46. The van der Waals surface area contributed by atoms with Crippen LogP contribution in [-0.2, 0) is 20.9 Å². The third-order valence-corrected chi connectivity index (χ3v) is 6.21. The molecule has 34 heavy (non-hydrogen) atoms. The molecule has 176 valence electrons. The van der Waals surface area contributed by atoms with Crippen molar-refractivity contribution in [1.29, 1.82) is 5.26 Å². The van der Waals surface area contributed by atoms with Crippen molar-refractivity contribution in [2.75, 3.05) is 11.9 Å². The van der Waals surface area contributed by atoms with Crippen LogP contribution in [0.15, 0.2) is 60.7 Å². The summed E-state index contributed by atoms with van der Waals surface area (Å²) in [5, 5.41) is 15.2. The summed E-state index contributed by atoms with van der Waals surface area (Å²) in [4.78, 5) is 40.0. The van der Waals surface area contributed by atoms with Gasteiger partial charge in [-0.05, 0) is 36.5 Å². The van der Waals surface area contributed by atoms with E-state index in [4.69, 9.17) is 4.74 Å². The van der Waals surface area contributed by atoms with Crippen molar-refractivity contribution in [3.63, 3.8) is 0 Å². The molecule has 1 aliphatic heterocycles. The Morgan fingerprint density at radius 3 is 2.38 bits per heavy atom. The number of hydrogen-bond donors (Lipinski definition) is 2. The molecule has 0 bridgehead atoms. The number of nitrogens with one attached hydrogen (secondary N) is 2. The highest BCUT2D eigenvalue weighted by Crippen LogP contribution is 2.35. The van der Waals surface area contributed by atoms with E-state index in [-0.39, 0.29) is 31.4 Å². The van der Waals surface area contributed by atoms with Gasteiger partial charge in [0.15, 0.2) is 0 Å². The number of carbonyl (C=O) groups is 3. The average molecular weight is 461 g/mol. The van der Waals surface area contributed by atoms with E-state index < -0.39 is 24.1 Å². The minimum atomic E-state index is -0.789. The zero-order valence-corrected chi connectivity index (χ0v) is 18.9. The maximum Gasteiger partial charge on any atom is 0.408 e. The first kappa shape index (κ1) is 23.3. The molecule has 0 radical (unpaired) electrons. The Balaban J connectivity index is 1.38. The Labute approximate surface area is 198 Å². The first-order valence-corrected chi connectivity index (χ1v) is 11.6. The summed E-state index contributed by atoms with van der Waals surface area (Å²) in [6, 6.07) is 19.0. The van der Waals surface area contributed by atoms with Crippen LogP contribution in [-0.4, -0.2) is 41.4 Å². The molecule has 2 aliphatic rings. The first-order chi connectivity index (χ1) is 16.5. The Morgan fingerprint density at radius 2 is 1.74 bits per heavy atom. The summed E-state index contributed by atoms with van der Waals surface area (Å²) < 4.78 is 5.30. The highest BCUT2D eigenvalue weighted by Gasteiger charge is 2.42. The summed E-state index contributed by atoms with van der Waals surface area (Å²) >= 11 is 0. The van der Waals surface area contributed by atoms with Gasteiger partial charge in [0, 0.05) is 12.2 Å². The smallest absolute Gasteiger partial charge is 0.408 e. The van der Waals surface area contributed by atoms with Gasteiger partial charge in [-0.2, -0.15) is 5.26 Å². The van der Waals surface area contributed by atoms with Gasteiger partial charge in [-0.3, -0.25) is 9.59 Å². The number of benzene rings is 2. The van der Waals surface area contributed by atoms with E-state index >= 15 is 0 Å². The van der Waals surface area contributed by atoms with Crippen LogP contribution in [0.2, 0.25) is 0 Å². The van der Waals surface area contributed by atoms with Crippen molar-refractivity contribution in [3.05, 3.63) is 66.2 Å². The fourth-order valence-electron chi connectivity index (χ4n) is 4.17. The summed E-state index contributed by atoms with van der Waals surface area (Å²) in [6.07, 6.45) is 2.10. The lowest BCUT2D eigenvalue weighted by Gasteiger charge is -2.26. The summed E-state index contributed by atoms with van der Waals surface area (Å²) in [5.41, 5.74) is 1.51. The lowest BCUT2D eigenvalue weighted by Crippen LogP contribution is -2.50. The van der Waals surface area contributed by atoms with Crippen LogP contribution < -0.4 is 10.6 Å². The van der Waals surface area contributed by atoms with Gasteiger partial charge < -0.3 is 20.3 Å². The van der Waals surface area contributed by atoms with Gasteiger partial charge >= 0.3 is 6.09 Å². The summed E-state index contributed by atoms with van der Waals surface area (Å²) in [7, 11) is 0. The second-order valence-electron chi connectivity index (χ2n) is 8.86. The maximum atomic E-state index is 13.4. The summed E-state index contributed by atoms with van der Waals surface area (Å²) in [6.45, 7) is 0.237. The molecule has 1 aliphatic carbocycles. The van der Waals surface area contributed by atoms with Crippen molar-refractivity contribution in [2.24, 2.45) is 11.8 Å². The molecule has 3 amide bonds. The molecule has 2 fully saturated rings. The molecule has 2 aromatic rings. The fraction of sp³-hybridized carbons (Fsp3) is 0.385. The number of anilines is 1. The van der Waals surface area contributed by atoms with Crippen LogP contribution in [0.5, 0.6) is 0 Å². The van der Waals surface area contributed by atoms with Gasteiger partial charge in [0.2, 0.25) is 11.8 Å². The molecule has 2 aromatic carbocycles. The van der Waals surface area contributed by atoms with Crippen molar-refractivity contribution in [2.45, 2.75) is 44.4 Å². The SMILES string of the molecule is N#CC1CC(C(=O)Nc2ccccc2)CN1C(=O)C(CC1CC1)NC(=O)OCc1ccccc1. The minimum Gasteiger partial charge on any atom is -0.445 e. The Bertz CT molecular complexity index is 1050. The molecule has 0 spiro atoms. The number of rotatable bonds is 8. The van der Waals surface area contributed by atoms with Gasteiger partial charge in [0.05, 0.1) is 12.0 Å². The van der Waals surface area contributed by atoms with E-state index in [0.29, 0.717) is 18.0 Å². The van der Waals surface area contributed by atoms with E-state index in [1.165, 1.54) is 4.90 Å². The molecule has 3 atom stereocenters. The highest BCUT2D eigenvalue weighted by atomic mass is 16.5. The second kappa shape index (κ2) is 10.8. The number of ether oxygens (including phenoxy) is 1. The summed E-state index contributed by atoms with van der Waals surface area (Å²) in [5.74, 6) is -0.704. The quantitative estimate of drug-likeness (QED) is 0.627. The maximum absolute atomic E-state index is 13.4. The predicted molar refractivity (Wildman–Crippen MR) is 125 cm³/mol. The topological polar surface area (TPSA) is 112 Å². The number of hydrogen-bond acceptors (Lipinski definition) is 5. The van der Waals surface area contributed by atoms with Crippen molar-refractivity contribution in [3.8, 4) is 6.07 Å². The zero-order chi connectivity index (χ0) is 23.9. The number of nitrogens with zero attached hydrogens (tertiary/aromatic N) is 2. The first-order valence-electron chi connectivity index (χ1n) is 11.6. The Kier molecular flexibility index (Phi) is 7.43.